The Labute approximate surface area is 110 Å². The second-order valence-electron chi connectivity index (χ2n) is 6.72. The summed E-state index contributed by atoms with van der Waals surface area (Å²) >= 11 is 0. The number of hydrogen-bond donors (Lipinski definition) is 2. The van der Waals surface area contributed by atoms with Gasteiger partial charge in [0.05, 0.1) is 0 Å². The van der Waals surface area contributed by atoms with E-state index in [1.165, 1.54) is 0 Å². The molecule has 18 heavy (non-hydrogen) atoms. The molecule has 1 heterocycles. The van der Waals surface area contributed by atoms with Gasteiger partial charge < -0.3 is 4.90 Å². The first-order chi connectivity index (χ1) is 8.31. The van der Waals surface area contributed by atoms with E-state index in [4.69, 9.17) is 5.41 Å². The summed E-state index contributed by atoms with van der Waals surface area (Å²) < 4.78 is 0. The fraction of sp³-hybridized carbons (Fsp3) is 0.857. The number of amidine groups is 1. The first-order valence-electron chi connectivity index (χ1n) is 6.99. The van der Waals surface area contributed by atoms with Gasteiger partial charge in [-0.15, -0.1) is 0 Å². The molecular weight excluding hydrogens is 226 g/mol. The Bertz CT molecular complexity index is 362. The fourth-order valence-corrected chi connectivity index (χ4v) is 3.55. The van der Waals surface area contributed by atoms with E-state index < -0.39 is 0 Å². The normalized spacial score (nSPS) is 33.1. The Morgan fingerprint density at radius 1 is 1.39 bits per heavy atom. The number of likely N-dealkylation sites (N-methyl/N-ethyl adjacent to an activating group) is 1. The van der Waals surface area contributed by atoms with Gasteiger partial charge in [0, 0.05) is 6.54 Å². The Morgan fingerprint density at radius 3 is 2.39 bits per heavy atom. The molecule has 2 amide bonds. The van der Waals surface area contributed by atoms with Gasteiger partial charge in [-0.05, 0) is 43.9 Å². The molecule has 4 heteroatoms. The average Bonchev–Trinajstić information content (AvgIpc) is 2.50. The van der Waals surface area contributed by atoms with E-state index in [-0.39, 0.29) is 11.6 Å². The van der Waals surface area contributed by atoms with Gasteiger partial charge >= 0.3 is 6.03 Å². The number of carbonyl (C=O) groups is 1. The fourth-order valence-electron chi connectivity index (χ4n) is 3.55. The van der Waals surface area contributed by atoms with E-state index in [1.54, 1.807) is 0 Å². The molecule has 1 aliphatic carbocycles. The molecule has 0 aromatic heterocycles. The second-order valence-corrected chi connectivity index (χ2v) is 6.72. The molecule has 0 bridgehead atoms. The van der Waals surface area contributed by atoms with E-state index in [9.17, 15) is 4.79 Å². The number of urea groups is 1. The molecule has 0 aromatic rings. The lowest BCUT2D eigenvalue weighted by atomic mass is 9.67. The smallest absolute Gasteiger partial charge is 0.312 e. The predicted molar refractivity (Wildman–Crippen MR) is 72.8 cm³/mol. The van der Waals surface area contributed by atoms with E-state index in [0.717, 1.165) is 25.7 Å². The van der Waals surface area contributed by atoms with Gasteiger partial charge in [0.1, 0.15) is 11.4 Å². The van der Waals surface area contributed by atoms with Gasteiger partial charge in [-0.2, -0.15) is 0 Å². The summed E-state index contributed by atoms with van der Waals surface area (Å²) in [6, 6.07) is -0.0864. The highest BCUT2D eigenvalue weighted by atomic mass is 16.2. The van der Waals surface area contributed by atoms with Crippen molar-refractivity contribution in [2.75, 3.05) is 6.54 Å². The zero-order valence-corrected chi connectivity index (χ0v) is 12.0. The van der Waals surface area contributed by atoms with Gasteiger partial charge in [0.25, 0.3) is 0 Å². The molecule has 1 saturated heterocycles. The highest BCUT2D eigenvalue weighted by molar-refractivity contribution is 6.08. The van der Waals surface area contributed by atoms with Crippen LogP contribution in [0.1, 0.15) is 53.4 Å². The third kappa shape index (κ3) is 1.91. The molecule has 1 saturated carbocycles. The van der Waals surface area contributed by atoms with Crippen LogP contribution in [0, 0.1) is 16.7 Å². The lowest BCUT2D eigenvalue weighted by Gasteiger charge is -2.45. The summed E-state index contributed by atoms with van der Waals surface area (Å²) in [5.41, 5.74) is 0.00443. The SMILES string of the molecule is CCN1C(=O)NC(=N)C12CCC(C(C)(C)C)CC2. The van der Waals surface area contributed by atoms with Crippen LogP contribution in [-0.2, 0) is 0 Å². The summed E-state index contributed by atoms with van der Waals surface area (Å²) in [7, 11) is 0. The van der Waals surface area contributed by atoms with Crippen LogP contribution in [0.3, 0.4) is 0 Å². The largest absolute Gasteiger partial charge is 0.323 e. The standard InChI is InChI=1S/C14H25N3O/c1-5-17-12(18)16-11(15)14(17)8-6-10(7-9-14)13(2,3)4/h10H,5-9H2,1-4H3,(H2,15,16,18). The highest BCUT2D eigenvalue weighted by Crippen LogP contribution is 2.45. The van der Waals surface area contributed by atoms with Gasteiger partial charge in [0.15, 0.2) is 0 Å². The molecule has 2 rings (SSSR count). The molecule has 1 spiro atoms. The van der Waals surface area contributed by atoms with Crippen molar-refractivity contribution in [3.63, 3.8) is 0 Å². The van der Waals surface area contributed by atoms with Crippen LogP contribution in [-0.4, -0.2) is 28.9 Å². The second kappa shape index (κ2) is 4.25. The Kier molecular flexibility index (Phi) is 3.16. The molecule has 1 aliphatic heterocycles. The molecule has 0 radical (unpaired) electrons. The zero-order chi connectivity index (χ0) is 13.6. The first kappa shape index (κ1) is 13.4. The number of rotatable bonds is 1. The van der Waals surface area contributed by atoms with Crippen molar-refractivity contribution in [3.8, 4) is 0 Å². The quantitative estimate of drug-likeness (QED) is 0.739. The van der Waals surface area contributed by atoms with Gasteiger partial charge in [0.2, 0.25) is 0 Å². The van der Waals surface area contributed by atoms with E-state index in [1.807, 2.05) is 11.8 Å². The zero-order valence-electron chi connectivity index (χ0n) is 12.0. The van der Waals surface area contributed by atoms with Crippen molar-refractivity contribution >= 4 is 11.9 Å². The van der Waals surface area contributed by atoms with E-state index in [0.29, 0.717) is 23.7 Å². The number of nitrogens with one attached hydrogen (secondary N) is 2. The van der Waals surface area contributed by atoms with Crippen molar-refractivity contribution in [2.24, 2.45) is 11.3 Å². The molecule has 0 atom stereocenters. The van der Waals surface area contributed by atoms with Crippen molar-refractivity contribution in [3.05, 3.63) is 0 Å². The van der Waals surface area contributed by atoms with Gasteiger partial charge in [-0.3, -0.25) is 10.7 Å². The number of nitrogens with zero attached hydrogens (tertiary/aromatic N) is 1. The van der Waals surface area contributed by atoms with Crippen molar-refractivity contribution in [1.82, 2.24) is 10.2 Å². The maximum atomic E-state index is 11.8. The molecule has 0 unspecified atom stereocenters. The van der Waals surface area contributed by atoms with Crippen LogP contribution in [0.2, 0.25) is 0 Å². The van der Waals surface area contributed by atoms with Crippen LogP contribution in [0.15, 0.2) is 0 Å². The van der Waals surface area contributed by atoms with Crippen LogP contribution in [0.25, 0.3) is 0 Å². The first-order valence-corrected chi connectivity index (χ1v) is 6.99. The topological polar surface area (TPSA) is 56.2 Å². The third-order valence-electron chi connectivity index (χ3n) is 4.81. The average molecular weight is 251 g/mol. The Morgan fingerprint density at radius 2 is 1.94 bits per heavy atom. The van der Waals surface area contributed by atoms with Crippen LogP contribution >= 0.6 is 0 Å². The van der Waals surface area contributed by atoms with Crippen molar-refractivity contribution < 1.29 is 4.79 Å². The number of carbonyl (C=O) groups excluding carboxylic acids is 1. The minimum Gasteiger partial charge on any atom is -0.312 e. The Balaban J connectivity index is 2.16. The summed E-state index contributed by atoms with van der Waals surface area (Å²) in [4.78, 5) is 13.7. The molecule has 2 fully saturated rings. The van der Waals surface area contributed by atoms with E-state index in [2.05, 4.69) is 26.1 Å². The van der Waals surface area contributed by atoms with Crippen LogP contribution in [0.4, 0.5) is 4.79 Å². The maximum absolute atomic E-state index is 11.8. The van der Waals surface area contributed by atoms with E-state index >= 15 is 0 Å². The molecule has 2 N–H and O–H groups in total. The third-order valence-corrected chi connectivity index (χ3v) is 4.81. The molecule has 0 aromatic carbocycles. The minimum atomic E-state index is -0.326. The molecule has 102 valence electrons. The summed E-state index contributed by atoms with van der Waals surface area (Å²) in [5.74, 6) is 1.12. The predicted octanol–water partition coefficient (Wildman–Crippen LogP) is 2.98. The Hall–Kier alpha value is -1.06. The molecule has 2 aliphatic rings. The lowest BCUT2D eigenvalue weighted by Crippen LogP contribution is -2.52. The summed E-state index contributed by atoms with van der Waals surface area (Å²) in [5, 5.41) is 10.8. The monoisotopic (exact) mass is 251 g/mol. The van der Waals surface area contributed by atoms with Crippen LogP contribution in [0.5, 0.6) is 0 Å². The minimum absolute atomic E-state index is 0.0864. The van der Waals surface area contributed by atoms with Crippen LogP contribution < -0.4 is 5.32 Å². The highest BCUT2D eigenvalue weighted by Gasteiger charge is 2.51. The van der Waals surface area contributed by atoms with Crippen molar-refractivity contribution in [1.29, 1.82) is 5.41 Å². The molecule has 4 nitrogen and oxygen atoms in total. The van der Waals surface area contributed by atoms with Gasteiger partial charge in [-0.25, -0.2) is 4.79 Å². The summed E-state index contributed by atoms with van der Waals surface area (Å²) in [6.07, 6.45) is 4.08. The van der Waals surface area contributed by atoms with Gasteiger partial charge in [-0.1, -0.05) is 20.8 Å². The summed E-state index contributed by atoms with van der Waals surface area (Å²) in [6.45, 7) is 9.55. The molecular formula is C14H25N3O. The lowest BCUT2D eigenvalue weighted by molar-refractivity contribution is 0.0939. The number of amides is 2. The number of hydrogen-bond acceptors (Lipinski definition) is 2. The van der Waals surface area contributed by atoms with Crippen molar-refractivity contribution in [2.45, 2.75) is 58.9 Å². The maximum Gasteiger partial charge on any atom is 0.323 e.